The van der Waals surface area contributed by atoms with Gasteiger partial charge in [-0.2, -0.15) is 0 Å². The van der Waals surface area contributed by atoms with E-state index < -0.39 is 11.9 Å². The fraction of sp³-hybridized carbons (Fsp3) is 0.0714. The van der Waals surface area contributed by atoms with E-state index in [0.717, 1.165) is 0 Å². The molecule has 0 fully saturated rings. The van der Waals surface area contributed by atoms with Crippen molar-refractivity contribution in [3.05, 3.63) is 114 Å². The molecule has 1 atom stereocenters. The maximum atomic E-state index is 14.7. The van der Waals surface area contributed by atoms with E-state index in [-0.39, 0.29) is 10.9 Å². The van der Waals surface area contributed by atoms with Crippen molar-refractivity contribution in [1.82, 2.24) is 29.5 Å². The Morgan fingerprint density at radius 3 is 2.41 bits per heavy atom. The standard InChI is InChI=1S/C28H20FN7O/c1-17(34-26-25-21(29)10-6-11-22(25)32-16-33-26)27-35-23-12-5-9-20(18-13-30-15-31-14-18)24(23)28(37)36(27)19-7-3-2-4-8-19/h2-17H,1H3,(H,32,33,34). The minimum atomic E-state index is -0.515. The first kappa shape index (κ1) is 22.4. The molecule has 6 rings (SSSR count). The summed E-state index contributed by atoms with van der Waals surface area (Å²) < 4.78 is 16.3. The van der Waals surface area contributed by atoms with E-state index in [1.807, 2.05) is 49.4 Å². The third-order valence-corrected chi connectivity index (χ3v) is 6.16. The minimum Gasteiger partial charge on any atom is -0.360 e. The van der Waals surface area contributed by atoms with Crippen molar-refractivity contribution < 1.29 is 4.39 Å². The van der Waals surface area contributed by atoms with Crippen LogP contribution in [0.4, 0.5) is 10.2 Å². The summed E-state index contributed by atoms with van der Waals surface area (Å²) in [5.41, 5.74) is 2.83. The Morgan fingerprint density at radius 1 is 0.838 bits per heavy atom. The Hall–Kier alpha value is -5.05. The monoisotopic (exact) mass is 489 g/mol. The number of aromatic nitrogens is 6. The average molecular weight is 490 g/mol. The van der Waals surface area contributed by atoms with Gasteiger partial charge in [0.1, 0.15) is 30.1 Å². The van der Waals surface area contributed by atoms with Crippen LogP contribution in [0.1, 0.15) is 18.8 Å². The van der Waals surface area contributed by atoms with Gasteiger partial charge < -0.3 is 5.32 Å². The van der Waals surface area contributed by atoms with E-state index in [2.05, 4.69) is 25.3 Å². The lowest BCUT2D eigenvalue weighted by atomic mass is 10.0. The lowest BCUT2D eigenvalue weighted by molar-refractivity contribution is 0.638. The van der Waals surface area contributed by atoms with E-state index >= 15 is 0 Å². The number of benzene rings is 3. The molecule has 0 aliphatic carbocycles. The highest BCUT2D eigenvalue weighted by Gasteiger charge is 2.21. The van der Waals surface area contributed by atoms with Gasteiger partial charge in [0.05, 0.1) is 33.5 Å². The summed E-state index contributed by atoms with van der Waals surface area (Å²) in [6, 6.07) is 19.0. The molecule has 0 radical (unpaired) electrons. The number of rotatable bonds is 5. The first-order valence-corrected chi connectivity index (χ1v) is 11.6. The predicted molar refractivity (Wildman–Crippen MR) is 140 cm³/mol. The molecule has 0 saturated carbocycles. The minimum absolute atomic E-state index is 0.238. The molecule has 3 aromatic carbocycles. The highest BCUT2D eigenvalue weighted by Crippen LogP contribution is 2.29. The van der Waals surface area contributed by atoms with Crippen LogP contribution in [0.25, 0.3) is 38.6 Å². The van der Waals surface area contributed by atoms with Gasteiger partial charge in [-0.1, -0.05) is 36.4 Å². The van der Waals surface area contributed by atoms with E-state index in [4.69, 9.17) is 4.98 Å². The van der Waals surface area contributed by atoms with Gasteiger partial charge in [0.2, 0.25) is 0 Å². The molecule has 1 N–H and O–H groups in total. The van der Waals surface area contributed by atoms with Crippen molar-refractivity contribution in [1.29, 1.82) is 0 Å². The molecule has 0 amide bonds. The van der Waals surface area contributed by atoms with Crippen molar-refractivity contribution in [2.45, 2.75) is 13.0 Å². The van der Waals surface area contributed by atoms with Crippen LogP contribution in [0.15, 0.2) is 96.6 Å². The van der Waals surface area contributed by atoms with E-state index in [1.54, 1.807) is 35.2 Å². The van der Waals surface area contributed by atoms with Crippen LogP contribution in [0.2, 0.25) is 0 Å². The summed E-state index contributed by atoms with van der Waals surface area (Å²) in [5.74, 6) is 0.336. The quantitative estimate of drug-likeness (QED) is 0.360. The Kier molecular flexibility index (Phi) is 5.57. The lowest BCUT2D eigenvalue weighted by Gasteiger charge is -2.21. The van der Waals surface area contributed by atoms with Crippen molar-refractivity contribution in [2.24, 2.45) is 0 Å². The van der Waals surface area contributed by atoms with E-state index in [9.17, 15) is 9.18 Å². The molecule has 0 spiro atoms. The van der Waals surface area contributed by atoms with Gasteiger partial charge >= 0.3 is 0 Å². The van der Waals surface area contributed by atoms with Gasteiger partial charge in [-0.15, -0.1) is 0 Å². The van der Waals surface area contributed by atoms with Crippen LogP contribution in [0.5, 0.6) is 0 Å². The molecule has 0 aliphatic heterocycles. The van der Waals surface area contributed by atoms with Crippen molar-refractivity contribution in [3.63, 3.8) is 0 Å². The zero-order chi connectivity index (χ0) is 25.4. The first-order valence-electron chi connectivity index (χ1n) is 11.6. The Balaban J connectivity index is 1.57. The van der Waals surface area contributed by atoms with Gasteiger partial charge in [0, 0.05) is 18.0 Å². The number of halogens is 1. The van der Waals surface area contributed by atoms with Gasteiger partial charge in [-0.3, -0.25) is 9.36 Å². The molecule has 9 heteroatoms. The maximum Gasteiger partial charge on any atom is 0.266 e. The molecule has 37 heavy (non-hydrogen) atoms. The second-order valence-corrected chi connectivity index (χ2v) is 8.50. The third-order valence-electron chi connectivity index (χ3n) is 6.16. The molecule has 0 bridgehead atoms. The second kappa shape index (κ2) is 9.19. The van der Waals surface area contributed by atoms with Crippen LogP contribution in [-0.4, -0.2) is 29.5 Å². The van der Waals surface area contributed by atoms with Crippen LogP contribution in [-0.2, 0) is 0 Å². The maximum absolute atomic E-state index is 14.7. The van der Waals surface area contributed by atoms with E-state index in [0.29, 0.717) is 44.9 Å². The lowest BCUT2D eigenvalue weighted by Crippen LogP contribution is -2.27. The summed E-state index contributed by atoms with van der Waals surface area (Å²) in [6.45, 7) is 1.86. The Morgan fingerprint density at radius 2 is 1.59 bits per heavy atom. The normalized spacial score (nSPS) is 12.1. The number of nitrogens with one attached hydrogen (secondary N) is 1. The molecule has 1 unspecified atom stereocenters. The Labute approximate surface area is 210 Å². The van der Waals surface area contributed by atoms with Crippen LogP contribution in [0.3, 0.4) is 0 Å². The van der Waals surface area contributed by atoms with Crippen LogP contribution < -0.4 is 10.9 Å². The van der Waals surface area contributed by atoms with Crippen molar-refractivity contribution in [2.75, 3.05) is 5.32 Å². The predicted octanol–water partition coefficient (Wildman–Crippen LogP) is 5.10. The van der Waals surface area contributed by atoms with Crippen molar-refractivity contribution >= 4 is 27.6 Å². The summed E-state index contributed by atoms with van der Waals surface area (Å²) in [7, 11) is 0. The first-order chi connectivity index (χ1) is 18.1. The number of nitrogens with zero attached hydrogens (tertiary/aromatic N) is 6. The zero-order valence-electron chi connectivity index (χ0n) is 19.7. The molecule has 0 aliphatic rings. The molecule has 180 valence electrons. The summed E-state index contributed by atoms with van der Waals surface area (Å²) >= 11 is 0. The second-order valence-electron chi connectivity index (χ2n) is 8.50. The smallest absolute Gasteiger partial charge is 0.266 e. The molecule has 0 saturated heterocycles. The van der Waals surface area contributed by atoms with E-state index in [1.165, 1.54) is 18.7 Å². The molecule has 3 aromatic heterocycles. The summed E-state index contributed by atoms with van der Waals surface area (Å²) in [6.07, 6.45) is 6.16. The third kappa shape index (κ3) is 3.96. The molecular weight excluding hydrogens is 469 g/mol. The Bertz CT molecular complexity index is 1800. The molecule has 8 nitrogen and oxygen atoms in total. The zero-order valence-corrected chi connectivity index (χ0v) is 19.7. The fourth-order valence-electron chi connectivity index (χ4n) is 4.49. The van der Waals surface area contributed by atoms with Gasteiger partial charge in [-0.05, 0) is 42.8 Å². The van der Waals surface area contributed by atoms with Gasteiger partial charge in [0.25, 0.3) is 5.56 Å². The number of anilines is 1. The van der Waals surface area contributed by atoms with Gasteiger partial charge in [0.15, 0.2) is 0 Å². The largest absolute Gasteiger partial charge is 0.360 e. The fourth-order valence-corrected chi connectivity index (χ4v) is 4.49. The number of fused-ring (bicyclic) bond motifs is 2. The number of para-hydroxylation sites is 1. The van der Waals surface area contributed by atoms with Crippen molar-refractivity contribution in [3.8, 4) is 16.8 Å². The highest BCUT2D eigenvalue weighted by molar-refractivity contribution is 5.94. The molecular formula is C28H20FN7O. The topological polar surface area (TPSA) is 98.5 Å². The molecule has 3 heterocycles. The average Bonchev–Trinajstić information content (AvgIpc) is 2.93. The highest BCUT2D eigenvalue weighted by atomic mass is 19.1. The van der Waals surface area contributed by atoms with Crippen LogP contribution >= 0.6 is 0 Å². The number of hydrogen-bond donors (Lipinski definition) is 1. The SMILES string of the molecule is CC(Nc1ncnc2cccc(F)c12)c1nc2cccc(-c3cncnc3)c2c(=O)n1-c1ccccc1. The summed E-state index contributed by atoms with van der Waals surface area (Å²) in [5, 5.41) is 3.99. The summed E-state index contributed by atoms with van der Waals surface area (Å²) in [4.78, 5) is 35.7. The van der Waals surface area contributed by atoms with Crippen LogP contribution in [0, 0.1) is 5.82 Å². The molecule has 6 aromatic rings. The number of hydrogen-bond acceptors (Lipinski definition) is 7. The van der Waals surface area contributed by atoms with Gasteiger partial charge in [-0.25, -0.2) is 29.3 Å².